The quantitative estimate of drug-likeness (QED) is 0.454. The lowest BCUT2D eigenvalue weighted by Crippen LogP contribution is -2.28. The number of carbonyl (C=O) groups is 2. The Morgan fingerprint density at radius 1 is 1.38 bits per heavy atom. The Kier molecular flexibility index (Phi) is 5.83. The predicted octanol–water partition coefficient (Wildman–Crippen LogP) is 1.93. The summed E-state index contributed by atoms with van der Waals surface area (Å²) >= 11 is 0. The molecule has 0 atom stereocenters. The van der Waals surface area contributed by atoms with Crippen molar-refractivity contribution in [1.82, 2.24) is 4.90 Å². The molecule has 114 valence electrons. The van der Waals surface area contributed by atoms with Crippen molar-refractivity contribution < 1.29 is 19.2 Å². The Labute approximate surface area is 122 Å². The van der Waals surface area contributed by atoms with Gasteiger partial charge in [0.25, 0.3) is 11.6 Å². The molecule has 0 bridgehead atoms. The summed E-state index contributed by atoms with van der Waals surface area (Å²) in [7, 11) is 2.94. The number of nitro groups is 1. The number of benzene rings is 1. The Morgan fingerprint density at radius 2 is 2.05 bits per heavy atom. The average Bonchev–Trinajstić information content (AvgIpc) is 2.45. The fourth-order valence-corrected chi connectivity index (χ4v) is 1.88. The van der Waals surface area contributed by atoms with Gasteiger partial charge in [-0.05, 0) is 25.5 Å². The second-order valence-corrected chi connectivity index (χ2v) is 4.66. The molecule has 0 spiro atoms. The SMILES string of the molecule is COC(=O)CCCN(C)C(=O)c1ccc([N+](=O)[O-])c(C)c1. The summed E-state index contributed by atoms with van der Waals surface area (Å²) in [6.07, 6.45) is 0.744. The fourth-order valence-electron chi connectivity index (χ4n) is 1.88. The lowest BCUT2D eigenvalue weighted by Gasteiger charge is -2.17. The van der Waals surface area contributed by atoms with Crippen molar-refractivity contribution in [2.45, 2.75) is 19.8 Å². The van der Waals surface area contributed by atoms with Crippen molar-refractivity contribution >= 4 is 17.6 Å². The largest absolute Gasteiger partial charge is 0.469 e. The minimum atomic E-state index is -0.482. The van der Waals surface area contributed by atoms with Crippen molar-refractivity contribution in [2.75, 3.05) is 20.7 Å². The molecule has 0 aliphatic rings. The summed E-state index contributed by atoms with van der Waals surface area (Å²) in [6, 6.07) is 4.26. The van der Waals surface area contributed by atoms with Gasteiger partial charge in [-0.3, -0.25) is 19.7 Å². The zero-order valence-corrected chi connectivity index (χ0v) is 12.3. The van der Waals surface area contributed by atoms with Gasteiger partial charge in [-0.15, -0.1) is 0 Å². The van der Waals surface area contributed by atoms with E-state index >= 15 is 0 Å². The maximum Gasteiger partial charge on any atom is 0.305 e. The summed E-state index contributed by atoms with van der Waals surface area (Å²) in [5, 5.41) is 10.7. The topological polar surface area (TPSA) is 89.8 Å². The molecule has 7 nitrogen and oxygen atoms in total. The molecule has 7 heteroatoms. The molecule has 1 amide bonds. The zero-order chi connectivity index (χ0) is 16.0. The second-order valence-electron chi connectivity index (χ2n) is 4.66. The first kappa shape index (κ1) is 16.6. The number of nitrogens with zero attached hydrogens (tertiary/aromatic N) is 2. The molecule has 21 heavy (non-hydrogen) atoms. The maximum atomic E-state index is 12.2. The number of nitro benzene ring substituents is 1. The highest BCUT2D eigenvalue weighted by molar-refractivity contribution is 5.94. The first-order chi connectivity index (χ1) is 9.86. The molecule has 0 N–H and O–H groups in total. The lowest BCUT2D eigenvalue weighted by atomic mass is 10.1. The van der Waals surface area contributed by atoms with Gasteiger partial charge in [-0.2, -0.15) is 0 Å². The smallest absolute Gasteiger partial charge is 0.305 e. The van der Waals surface area contributed by atoms with Gasteiger partial charge in [0.15, 0.2) is 0 Å². The Hall–Kier alpha value is -2.44. The normalized spacial score (nSPS) is 10.0. The van der Waals surface area contributed by atoms with Crippen LogP contribution in [0.25, 0.3) is 0 Å². The molecule has 0 radical (unpaired) electrons. The number of hydrogen-bond acceptors (Lipinski definition) is 5. The van der Waals surface area contributed by atoms with Gasteiger partial charge in [-0.25, -0.2) is 0 Å². The monoisotopic (exact) mass is 294 g/mol. The Morgan fingerprint density at radius 3 is 2.57 bits per heavy atom. The van der Waals surface area contributed by atoms with Crippen LogP contribution in [0, 0.1) is 17.0 Å². The van der Waals surface area contributed by atoms with Crippen molar-refractivity contribution in [1.29, 1.82) is 0 Å². The van der Waals surface area contributed by atoms with E-state index in [1.807, 2.05) is 0 Å². The van der Waals surface area contributed by atoms with Gasteiger partial charge < -0.3 is 9.64 Å². The number of rotatable bonds is 6. The van der Waals surface area contributed by atoms with E-state index in [4.69, 9.17) is 0 Å². The summed E-state index contributed by atoms with van der Waals surface area (Å²) in [4.78, 5) is 34.9. The Balaban J connectivity index is 2.68. The lowest BCUT2D eigenvalue weighted by molar-refractivity contribution is -0.385. The molecule has 1 aromatic carbocycles. The summed E-state index contributed by atoms with van der Waals surface area (Å²) in [5.41, 5.74) is 0.812. The molecule has 0 aliphatic heterocycles. The van der Waals surface area contributed by atoms with Crippen molar-refractivity contribution in [3.63, 3.8) is 0 Å². The standard InChI is InChI=1S/C14H18N2O5/c1-10-9-11(6-7-12(10)16(19)20)14(18)15(2)8-4-5-13(17)21-3/h6-7,9H,4-5,8H2,1-3H3. The van der Waals surface area contributed by atoms with Gasteiger partial charge >= 0.3 is 5.97 Å². The zero-order valence-electron chi connectivity index (χ0n) is 12.3. The van der Waals surface area contributed by atoms with Crippen LogP contribution in [0.1, 0.15) is 28.8 Å². The van der Waals surface area contributed by atoms with E-state index in [2.05, 4.69) is 4.74 Å². The summed E-state index contributed by atoms with van der Waals surface area (Å²) in [5.74, 6) is -0.556. The molecule has 0 heterocycles. The second kappa shape index (κ2) is 7.37. The number of aryl methyl sites for hydroxylation is 1. The van der Waals surface area contributed by atoms with Gasteiger partial charge in [0.1, 0.15) is 0 Å². The van der Waals surface area contributed by atoms with Crippen LogP contribution in [-0.4, -0.2) is 42.4 Å². The molecule has 1 rings (SSSR count). The van der Waals surface area contributed by atoms with Crippen LogP contribution in [0.2, 0.25) is 0 Å². The number of carbonyl (C=O) groups excluding carboxylic acids is 2. The first-order valence-electron chi connectivity index (χ1n) is 6.44. The van der Waals surface area contributed by atoms with Crippen LogP contribution in [0.3, 0.4) is 0 Å². The molecule has 0 saturated carbocycles. The van der Waals surface area contributed by atoms with Gasteiger partial charge in [0.2, 0.25) is 0 Å². The van der Waals surface area contributed by atoms with Crippen LogP contribution in [0.15, 0.2) is 18.2 Å². The third-order valence-electron chi connectivity index (χ3n) is 3.09. The maximum absolute atomic E-state index is 12.2. The van der Waals surface area contributed by atoms with E-state index in [0.717, 1.165) is 0 Å². The molecule has 0 aromatic heterocycles. The molecular formula is C14H18N2O5. The van der Waals surface area contributed by atoms with E-state index in [9.17, 15) is 19.7 Å². The van der Waals surface area contributed by atoms with E-state index in [0.29, 0.717) is 24.1 Å². The van der Waals surface area contributed by atoms with Crippen molar-refractivity contribution in [3.8, 4) is 0 Å². The van der Waals surface area contributed by atoms with Crippen LogP contribution < -0.4 is 0 Å². The number of methoxy groups -OCH3 is 1. The van der Waals surface area contributed by atoms with Gasteiger partial charge in [-0.1, -0.05) is 0 Å². The third kappa shape index (κ3) is 4.55. The number of hydrogen-bond donors (Lipinski definition) is 0. The number of esters is 1. The minimum Gasteiger partial charge on any atom is -0.469 e. The third-order valence-corrected chi connectivity index (χ3v) is 3.09. The van der Waals surface area contributed by atoms with Crippen LogP contribution >= 0.6 is 0 Å². The van der Waals surface area contributed by atoms with E-state index in [1.165, 1.54) is 30.2 Å². The summed E-state index contributed by atoms with van der Waals surface area (Å²) < 4.78 is 4.52. The van der Waals surface area contributed by atoms with Crippen LogP contribution in [0.5, 0.6) is 0 Å². The number of ether oxygens (including phenoxy) is 1. The average molecular weight is 294 g/mol. The van der Waals surface area contributed by atoms with Crippen molar-refractivity contribution in [3.05, 3.63) is 39.4 Å². The van der Waals surface area contributed by atoms with E-state index in [1.54, 1.807) is 14.0 Å². The van der Waals surface area contributed by atoms with E-state index < -0.39 is 4.92 Å². The number of amides is 1. The Bertz CT molecular complexity index is 556. The molecule has 0 aliphatic carbocycles. The predicted molar refractivity (Wildman–Crippen MR) is 76.0 cm³/mol. The summed E-state index contributed by atoms with van der Waals surface area (Å²) in [6.45, 7) is 2.00. The highest BCUT2D eigenvalue weighted by Gasteiger charge is 2.16. The molecule has 0 saturated heterocycles. The van der Waals surface area contributed by atoms with E-state index in [-0.39, 0.29) is 24.0 Å². The molecular weight excluding hydrogens is 276 g/mol. The highest BCUT2D eigenvalue weighted by atomic mass is 16.6. The molecule has 0 fully saturated rings. The van der Waals surface area contributed by atoms with Gasteiger partial charge in [0, 0.05) is 37.2 Å². The molecule has 1 aromatic rings. The van der Waals surface area contributed by atoms with Crippen LogP contribution in [0.4, 0.5) is 5.69 Å². The molecule has 0 unspecified atom stereocenters. The van der Waals surface area contributed by atoms with Crippen molar-refractivity contribution in [2.24, 2.45) is 0 Å². The van der Waals surface area contributed by atoms with Crippen LogP contribution in [-0.2, 0) is 9.53 Å². The van der Waals surface area contributed by atoms with Gasteiger partial charge in [0.05, 0.1) is 12.0 Å². The minimum absolute atomic E-state index is 0.0140. The highest BCUT2D eigenvalue weighted by Crippen LogP contribution is 2.19. The first-order valence-corrected chi connectivity index (χ1v) is 6.44. The fraction of sp³-hybridized carbons (Fsp3) is 0.429.